The van der Waals surface area contributed by atoms with E-state index in [9.17, 15) is 24.3 Å². The number of aliphatic hydroxyl groups is 1. The number of aliphatic hydroxyl groups excluding tert-OH is 1. The summed E-state index contributed by atoms with van der Waals surface area (Å²) in [5.41, 5.74) is 16.6. The number of hydrogen-bond donors (Lipinski definition) is 6. The van der Waals surface area contributed by atoms with Crippen molar-refractivity contribution in [2.45, 2.75) is 50.2 Å². The second-order valence-electron chi connectivity index (χ2n) is 5.51. The number of carbonyl (C=O) groups excluding carboxylic acids is 2. The fraction of sp³-hybridized carbons (Fsp3) is 0.714. The first kappa shape index (κ1) is 22.9. The van der Waals surface area contributed by atoms with Crippen molar-refractivity contribution in [3.63, 3.8) is 0 Å². The Labute approximate surface area is 144 Å². The van der Waals surface area contributed by atoms with E-state index in [2.05, 4.69) is 0 Å². The predicted octanol–water partition coefficient (Wildman–Crippen LogP) is -2.56. The fourth-order valence-corrected chi connectivity index (χ4v) is 2.08. The molecule has 9 N–H and O–H groups in total. The molecule has 0 saturated carbocycles. The molecule has 0 fully saturated rings. The Morgan fingerprint density at radius 1 is 0.920 bits per heavy atom. The molecular formula is C14H26N4O7. The third-order valence-electron chi connectivity index (χ3n) is 3.52. The number of imide groups is 1. The molecule has 0 rings (SSSR count). The first-order valence-electron chi connectivity index (χ1n) is 7.80. The van der Waals surface area contributed by atoms with Gasteiger partial charge in [0.2, 0.25) is 11.8 Å². The largest absolute Gasteiger partial charge is 0.481 e. The number of unbranched alkanes of at least 4 members (excludes halogenated alkanes) is 1. The van der Waals surface area contributed by atoms with E-state index in [1.54, 1.807) is 0 Å². The number of carbonyl (C=O) groups is 4. The Morgan fingerprint density at radius 3 is 1.84 bits per heavy atom. The lowest BCUT2D eigenvalue weighted by atomic mass is 10.0. The lowest BCUT2D eigenvalue weighted by Crippen LogP contribution is -2.59. The Hall–Kier alpha value is -2.08. The Bertz CT molecular complexity index is 486. The smallest absolute Gasteiger partial charge is 0.329 e. The highest BCUT2D eigenvalue weighted by molar-refractivity contribution is 6.03. The number of hydrogen-bond acceptors (Lipinski definition) is 8. The molecule has 11 heteroatoms. The predicted molar refractivity (Wildman–Crippen MR) is 86.1 cm³/mol. The summed E-state index contributed by atoms with van der Waals surface area (Å²) in [6.45, 7) is -0.633. The zero-order chi connectivity index (χ0) is 19.6. The van der Waals surface area contributed by atoms with Crippen LogP contribution in [0.1, 0.15) is 32.1 Å². The zero-order valence-electron chi connectivity index (χ0n) is 13.8. The van der Waals surface area contributed by atoms with Gasteiger partial charge in [-0.15, -0.1) is 0 Å². The van der Waals surface area contributed by atoms with Gasteiger partial charge in [0.1, 0.15) is 0 Å². The number of nitrogens with zero attached hydrogens (tertiary/aromatic N) is 1. The van der Waals surface area contributed by atoms with Crippen molar-refractivity contribution >= 4 is 23.8 Å². The Morgan fingerprint density at radius 2 is 1.44 bits per heavy atom. The second-order valence-corrected chi connectivity index (χ2v) is 5.51. The topological polar surface area (TPSA) is 210 Å². The van der Waals surface area contributed by atoms with Crippen molar-refractivity contribution in [1.82, 2.24) is 4.90 Å². The molecule has 0 aromatic carbocycles. The van der Waals surface area contributed by atoms with Crippen LogP contribution >= 0.6 is 0 Å². The van der Waals surface area contributed by atoms with Gasteiger partial charge in [-0.1, -0.05) is 6.42 Å². The van der Waals surface area contributed by atoms with Crippen LogP contribution in [0.25, 0.3) is 0 Å². The average Bonchev–Trinajstić information content (AvgIpc) is 2.55. The summed E-state index contributed by atoms with van der Waals surface area (Å²) < 4.78 is 0. The summed E-state index contributed by atoms with van der Waals surface area (Å²) >= 11 is 0. The van der Waals surface area contributed by atoms with Gasteiger partial charge in [-0.05, 0) is 25.8 Å². The third-order valence-corrected chi connectivity index (χ3v) is 3.52. The van der Waals surface area contributed by atoms with Crippen LogP contribution in [0.4, 0.5) is 0 Å². The SMILES string of the molecule is NCCCCC(N)C(=O)N(C(=O)C(N)CCC(=O)O)C(CO)C(=O)O. The van der Waals surface area contributed by atoms with Crippen LogP contribution in [0.3, 0.4) is 0 Å². The van der Waals surface area contributed by atoms with E-state index in [0.717, 1.165) is 0 Å². The molecule has 0 saturated heterocycles. The molecule has 25 heavy (non-hydrogen) atoms. The maximum atomic E-state index is 12.4. The fourth-order valence-electron chi connectivity index (χ4n) is 2.08. The van der Waals surface area contributed by atoms with Crippen molar-refractivity contribution in [3.8, 4) is 0 Å². The summed E-state index contributed by atoms with van der Waals surface area (Å²) in [7, 11) is 0. The quantitative estimate of drug-likeness (QED) is 0.200. The van der Waals surface area contributed by atoms with E-state index in [0.29, 0.717) is 24.3 Å². The molecule has 0 spiro atoms. The van der Waals surface area contributed by atoms with Gasteiger partial charge in [0, 0.05) is 6.42 Å². The molecule has 0 aliphatic rings. The summed E-state index contributed by atoms with van der Waals surface area (Å²) in [6.07, 6.45) is 0.525. The minimum absolute atomic E-state index is 0.169. The number of aliphatic carboxylic acids is 2. The number of carboxylic acid groups (broad SMARTS) is 2. The zero-order valence-corrected chi connectivity index (χ0v) is 13.8. The van der Waals surface area contributed by atoms with Crippen LogP contribution in [-0.4, -0.2) is 75.2 Å². The van der Waals surface area contributed by atoms with E-state index in [-0.39, 0.29) is 12.8 Å². The van der Waals surface area contributed by atoms with Crippen LogP contribution in [0.15, 0.2) is 0 Å². The normalized spacial score (nSPS) is 14.4. The van der Waals surface area contributed by atoms with Crippen LogP contribution in [0.2, 0.25) is 0 Å². The molecule has 11 nitrogen and oxygen atoms in total. The summed E-state index contributed by atoms with van der Waals surface area (Å²) in [5.74, 6) is -4.89. The average molecular weight is 362 g/mol. The minimum Gasteiger partial charge on any atom is -0.481 e. The highest BCUT2D eigenvalue weighted by atomic mass is 16.4. The Balaban J connectivity index is 5.33. The maximum Gasteiger partial charge on any atom is 0.329 e. The lowest BCUT2D eigenvalue weighted by Gasteiger charge is -2.30. The first-order chi connectivity index (χ1) is 11.7. The minimum atomic E-state index is -1.85. The summed E-state index contributed by atoms with van der Waals surface area (Å²) in [5, 5.41) is 27.0. The molecule has 0 aliphatic heterocycles. The van der Waals surface area contributed by atoms with E-state index >= 15 is 0 Å². The summed E-state index contributed by atoms with van der Waals surface area (Å²) in [4.78, 5) is 46.9. The molecule has 0 aliphatic carbocycles. The van der Waals surface area contributed by atoms with Crippen molar-refractivity contribution in [3.05, 3.63) is 0 Å². The van der Waals surface area contributed by atoms with E-state index in [1.165, 1.54) is 0 Å². The van der Waals surface area contributed by atoms with E-state index < -0.39 is 54.9 Å². The first-order valence-corrected chi connectivity index (χ1v) is 7.80. The maximum absolute atomic E-state index is 12.4. The van der Waals surface area contributed by atoms with Crippen LogP contribution in [-0.2, 0) is 19.2 Å². The number of nitrogens with two attached hydrogens (primary N) is 3. The van der Waals surface area contributed by atoms with Gasteiger partial charge in [-0.3, -0.25) is 19.3 Å². The van der Waals surface area contributed by atoms with Crippen LogP contribution in [0, 0.1) is 0 Å². The molecule has 0 bridgehead atoms. The molecule has 2 amide bonds. The van der Waals surface area contributed by atoms with Gasteiger partial charge in [0.05, 0.1) is 18.7 Å². The molecule has 0 aromatic heterocycles. The molecule has 0 heterocycles. The van der Waals surface area contributed by atoms with Crippen LogP contribution < -0.4 is 17.2 Å². The van der Waals surface area contributed by atoms with Gasteiger partial charge in [0.15, 0.2) is 6.04 Å². The lowest BCUT2D eigenvalue weighted by molar-refractivity contribution is -0.161. The Kier molecular flexibility index (Phi) is 10.5. The standard InChI is InChI=1S/C14H26N4O7/c15-6-2-1-3-8(16)12(22)18(10(7-19)14(24)25)13(23)9(17)4-5-11(20)21/h8-10,19H,1-7,15-17H2,(H,20,21)(H,24,25). The van der Waals surface area contributed by atoms with Gasteiger partial charge in [-0.2, -0.15) is 0 Å². The number of amides is 2. The van der Waals surface area contributed by atoms with Crippen molar-refractivity contribution < 1.29 is 34.5 Å². The van der Waals surface area contributed by atoms with Crippen molar-refractivity contribution in [2.75, 3.05) is 13.2 Å². The van der Waals surface area contributed by atoms with Crippen molar-refractivity contribution in [2.24, 2.45) is 17.2 Å². The second kappa shape index (κ2) is 11.5. The molecular weight excluding hydrogens is 336 g/mol. The molecule has 0 aromatic rings. The molecule has 3 unspecified atom stereocenters. The third kappa shape index (κ3) is 7.56. The van der Waals surface area contributed by atoms with Crippen LogP contribution in [0.5, 0.6) is 0 Å². The van der Waals surface area contributed by atoms with E-state index in [1.807, 2.05) is 0 Å². The molecule has 3 atom stereocenters. The summed E-state index contributed by atoms with van der Waals surface area (Å²) in [6, 6.07) is -4.43. The number of rotatable bonds is 12. The van der Waals surface area contributed by atoms with Gasteiger partial charge in [-0.25, -0.2) is 4.79 Å². The monoisotopic (exact) mass is 362 g/mol. The molecule has 0 radical (unpaired) electrons. The van der Waals surface area contributed by atoms with Crippen molar-refractivity contribution in [1.29, 1.82) is 0 Å². The highest BCUT2D eigenvalue weighted by Gasteiger charge is 2.38. The number of carboxylic acids is 2. The highest BCUT2D eigenvalue weighted by Crippen LogP contribution is 2.11. The van der Waals surface area contributed by atoms with E-state index in [4.69, 9.17) is 27.4 Å². The van der Waals surface area contributed by atoms with Gasteiger partial charge < -0.3 is 32.5 Å². The van der Waals surface area contributed by atoms with Gasteiger partial charge >= 0.3 is 11.9 Å². The van der Waals surface area contributed by atoms with Gasteiger partial charge in [0.25, 0.3) is 0 Å². The molecule has 144 valence electrons.